The third-order valence-electron chi connectivity index (χ3n) is 6.41. The number of aryl methyl sites for hydroxylation is 2. The Morgan fingerprint density at radius 1 is 1.26 bits per heavy atom. The number of nitrogens with one attached hydrogen (secondary N) is 2. The number of para-hydroxylation sites is 1. The Kier molecular flexibility index (Phi) is 6.12. The van der Waals surface area contributed by atoms with Gasteiger partial charge in [-0.05, 0) is 48.6 Å². The first kappa shape index (κ1) is 22.9. The van der Waals surface area contributed by atoms with E-state index in [0.29, 0.717) is 39.1 Å². The number of aliphatic hydroxyl groups excluding tert-OH is 1. The lowest BCUT2D eigenvalue weighted by molar-refractivity contribution is 0.179. The lowest BCUT2D eigenvalue weighted by Crippen LogP contribution is -2.21. The Morgan fingerprint density at radius 3 is 2.74 bits per heavy atom. The number of H-pyrrole nitrogens is 1. The fourth-order valence-electron chi connectivity index (χ4n) is 4.58. The first-order valence-corrected chi connectivity index (χ1v) is 11.9. The summed E-state index contributed by atoms with van der Waals surface area (Å²) in [6.07, 6.45) is 4.53. The number of β-amino-alcohol motifs (C(OH)–C–C–N with tert-alkyl or cyclic N) is 1. The summed E-state index contributed by atoms with van der Waals surface area (Å²) in [6.45, 7) is 4.30. The van der Waals surface area contributed by atoms with Crippen molar-refractivity contribution in [3.63, 3.8) is 0 Å². The van der Waals surface area contributed by atoms with Crippen molar-refractivity contribution in [2.75, 3.05) is 25.0 Å². The van der Waals surface area contributed by atoms with E-state index in [0.717, 1.165) is 41.7 Å². The number of halogens is 2. The van der Waals surface area contributed by atoms with Crippen LogP contribution in [0.2, 0.25) is 10.0 Å². The van der Waals surface area contributed by atoms with Crippen molar-refractivity contribution < 1.29 is 5.11 Å². The van der Waals surface area contributed by atoms with Gasteiger partial charge < -0.3 is 20.0 Å². The first-order chi connectivity index (χ1) is 16.3. The molecule has 0 bridgehead atoms. The molecule has 1 aliphatic heterocycles. The minimum Gasteiger partial charge on any atom is -0.392 e. The summed E-state index contributed by atoms with van der Waals surface area (Å²) in [5.41, 5.74) is 3.58. The first-order valence-electron chi connectivity index (χ1n) is 11.1. The van der Waals surface area contributed by atoms with Crippen LogP contribution < -0.4 is 10.9 Å². The van der Waals surface area contributed by atoms with Crippen LogP contribution in [-0.4, -0.2) is 50.3 Å². The number of pyridine rings is 1. The van der Waals surface area contributed by atoms with E-state index in [1.165, 1.54) is 0 Å². The number of nitrogens with zero attached hydrogens (tertiary/aromatic N) is 3. The van der Waals surface area contributed by atoms with E-state index in [1.54, 1.807) is 18.2 Å². The number of imidazole rings is 1. The van der Waals surface area contributed by atoms with Gasteiger partial charge in [-0.25, -0.2) is 4.98 Å². The van der Waals surface area contributed by atoms with Gasteiger partial charge >= 0.3 is 0 Å². The molecule has 0 spiro atoms. The Balaban J connectivity index is 1.54. The number of likely N-dealkylation sites (tertiary alicyclic amines) is 1. The van der Waals surface area contributed by atoms with E-state index in [2.05, 4.69) is 20.2 Å². The molecule has 0 saturated carbocycles. The molecule has 2 aromatic carbocycles. The van der Waals surface area contributed by atoms with E-state index >= 15 is 0 Å². The molecule has 34 heavy (non-hydrogen) atoms. The summed E-state index contributed by atoms with van der Waals surface area (Å²) in [7, 11) is 1.86. The molecule has 7 nitrogen and oxygen atoms in total. The van der Waals surface area contributed by atoms with Gasteiger partial charge in [-0.3, -0.25) is 9.69 Å². The highest BCUT2D eigenvalue weighted by Gasteiger charge is 2.19. The van der Waals surface area contributed by atoms with Crippen molar-refractivity contribution in [1.82, 2.24) is 19.4 Å². The lowest BCUT2D eigenvalue weighted by Gasteiger charge is -2.12. The van der Waals surface area contributed by atoms with E-state index in [9.17, 15) is 9.90 Å². The van der Waals surface area contributed by atoms with Crippen LogP contribution >= 0.6 is 23.2 Å². The van der Waals surface area contributed by atoms with Gasteiger partial charge in [0.2, 0.25) is 5.95 Å². The van der Waals surface area contributed by atoms with Crippen LogP contribution in [0.4, 0.5) is 11.6 Å². The molecule has 1 atom stereocenters. The fraction of sp³-hybridized carbons (Fsp3) is 0.280. The van der Waals surface area contributed by atoms with E-state index in [4.69, 9.17) is 23.2 Å². The molecular formula is C25H25Cl2N5O2. The maximum absolute atomic E-state index is 13.2. The van der Waals surface area contributed by atoms with Crippen molar-refractivity contribution >= 4 is 62.7 Å². The molecule has 9 heteroatoms. The zero-order valence-corrected chi connectivity index (χ0v) is 20.4. The Labute approximate surface area is 206 Å². The number of aromatic nitrogens is 3. The summed E-state index contributed by atoms with van der Waals surface area (Å²) in [5, 5.41) is 15.3. The van der Waals surface area contributed by atoms with Crippen LogP contribution in [0.15, 0.2) is 41.2 Å². The summed E-state index contributed by atoms with van der Waals surface area (Å²) < 4.78 is 1.85. The highest BCUT2D eigenvalue weighted by Crippen LogP contribution is 2.34. The van der Waals surface area contributed by atoms with Crippen LogP contribution in [0.25, 0.3) is 27.9 Å². The van der Waals surface area contributed by atoms with Gasteiger partial charge in [-0.1, -0.05) is 41.4 Å². The predicted octanol–water partition coefficient (Wildman–Crippen LogP) is 4.85. The van der Waals surface area contributed by atoms with E-state index in [-0.39, 0.29) is 11.7 Å². The summed E-state index contributed by atoms with van der Waals surface area (Å²) in [6, 6.07) is 9.14. The molecule has 0 amide bonds. The number of aliphatic hydroxyl groups is 1. The van der Waals surface area contributed by atoms with Crippen molar-refractivity contribution in [2.45, 2.75) is 19.4 Å². The zero-order valence-electron chi connectivity index (χ0n) is 18.9. The monoisotopic (exact) mass is 497 g/mol. The number of rotatable bonds is 5. The van der Waals surface area contributed by atoms with Crippen LogP contribution in [0.3, 0.4) is 0 Å². The molecule has 176 valence electrons. The predicted molar refractivity (Wildman–Crippen MR) is 139 cm³/mol. The Morgan fingerprint density at radius 2 is 2.03 bits per heavy atom. The van der Waals surface area contributed by atoms with Crippen molar-refractivity contribution in [3.8, 4) is 0 Å². The number of hydrogen-bond acceptors (Lipinski definition) is 5. The van der Waals surface area contributed by atoms with Gasteiger partial charge in [0.25, 0.3) is 5.56 Å². The largest absolute Gasteiger partial charge is 0.392 e. The topological polar surface area (TPSA) is 86.2 Å². The van der Waals surface area contributed by atoms with E-state index < -0.39 is 0 Å². The van der Waals surface area contributed by atoms with Crippen molar-refractivity contribution in [2.24, 2.45) is 7.05 Å². The molecular weight excluding hydrogens is 473 g/mol. The van der Waals surface area contributed by atoms with Crippen LogP contribution in [0.1, 0.15) is 17.7 Å². The zero-order chi connectivity index (χ0) is 24.0. The minimum atomic E-state index is -0.245. The second-order valence-electron chi connectivity index (χ2n) is 8.67. The Bertz CT molecular complexity index is 1470. The number of aromatic amines is 1. The smallest absolute Gasteiger partial charge is 0.258 e. The quantitative estimate of drug-likeness (QED) is 0.366. The van der Waals surface area contributed by atoms with Gasteiger partial charge in [-0.2, -0.15) is 0 Å². The number of benzene rings is 2. The fourth-order valence-corrected chi connectivity index (χ4v) is 5.07. The molecule has 3 heterocycles. The van der Waals surface area contributed by atoms with Gasteiger partial charge in [0.1, 0.15) is 0 Å². The standard InChI is InChI=1S/C25H25Cl2N5O2/c1-14-16-8-9-20-23(31(2)25(29-20)30-22-17(26)5-3-6-18(22)27)21(16)24(34)28-19(14)7-4-11-32-12-10-15(33)13-32/h3-9,15,33H,10-13H2,1-2H3,(H,28,34)(H,29,30)/b7-4+. The maximum Gasteiger partial charge on any atom is 0.258 e. The van der Waals surface area contributed by atoms with Crippen LogP contribution in [-0.2, 0) is 7.05 Å². The van der Waals surface area contributed by atoms with Gasteiger partial charge in [0.05, 0.1) is 38.3 Å². The molecule has 3 N–H and O–H groups in total. The molecule has 1 saturated heterocycles. The molecule has 1 aliphatic rings. The highest BCUT2D eigenvalue weighted by atomic mass is 35.5. The molecule has 2 aromatic heterocycles. The average Bonchev–Trinajstić information content (AvgIpc) is 3.36. The molecule has 1 unspecified atom stereocenters. The third-order valence-corrected chi connectivity index (χ3v) is 7.04. The number of fused-ring (bicyclic) bond motifs is 3. The van der Waals surface area contributed by atoms with Gasteiger partial charge in [0, 0.05) is 32.4 Å². The average molecular weight is 498 g/mol. The molecule has 4 aromatic rings. The van der Waals surface area contributed by atoms with Crippen LogP contribution in [0, 0.1) is 6.92 Å². The molecule has 0 radical (unpaired) electrons. The summed E-state index contributed by atoms with van der Waals surface area (Å²) in [4.78, 5) is 23.1. The molecule has 0 aliphatic carbocycles. The van der Waals surface area contributed by atoms with Crippen LogP contribution in [0.5, 0.6) is 0 Å². The second kappa shape index (κ2) is 9.07. The summed E-state index contributed by atoms with van der Waals surface area (Å²) >= 11 is 12.6. The van der Waals surface area contributed by atoms with Crippen molar-refractivity contribution in [3.05, 3.63) is 68.1 Å². The van der Waals surface area contributed by atoms with Gasteiger partial charge in [-0.15, -0.1) is 0 Å². The number of hydrogen-bond donors (Lipinski definition) is 3. The normalized spacial score (nSPS) is 16.9. The summed E-state index contributed by atoms with van der Waals surface area (Å²) in [5.74, 6) is 0.534. The Hall–Kier alpha value is -2.84. The van der Waals surface area contributed by atoms with Crippen molar-refractivity contribution in [1.29, 1.82) is 0 Å². The molecule has 5 rings (SSSR count). The van der Waals surface area contributed by atoms with E-state index in [1.807, 2.05) is 42.8 Å². The number of anilines is 2. The second-order valence-corrected chi connectivity index (χ2v) is 9.48. The third kappa shape index (κ3) is 4.09. The minimum absolute atomic E-state index is 0.173. The lowest BCUT2D eigenvalue weighted by atomic mass is 10.0. The van der Waals surface area contributed by atoms with Gasteiger partial charge in [0.15, 0.2) is 0 Å². The SMILES string of the molecule is Cc1c(/C=C/CN2CCC(O)C2)[nH]c(=O)c2c1ccc1nc(Nc3c(Cl)cccc3Cl)n(C)c12. The maximum atomic E-state index is 13.2. The molecule has 1 fully saturated rings. The highest BCUT2D eigenvalue weighted by molar-refractivity contribution is 6.39.